The molecule has 0 saturated heterocycles. The summed E-state index contributed by atoms with van der Waals surface area (Å²) in [5.41, 5.74) is 2.46. The lowest BCUT2D eigenvalue weighted by Crippen LogP contribution is -2.31. The minimum absolute atomic E-state index is 0.244. The number of nitrogens with zero attached hydrogens (tertiary/aromatic N) is 1. The van der Waals surface area contributed by atoms with Crippen LogP contribution in [-0.4, -0.2) is 36.3 Å². The molecule has 1 rings (SSSR count). The van der Waals surface area contributed by atoms with E-state index < -0.39 is 0 Å². The number of ether oxygens (including phenoxy) is 1. The first-order valence-electron chi connectivity index (χ1n) is 6.57. The molecule has 0 bridgehead atoms. The zero-order valence-electron chi connectivity index (χ0n) is 11.9. The minimum atomic E-state index is 0.244. The lowest BCUT2D eigenvalue weighted by Gasteiger charge is -2.27. The van der Waals surface area contributed by atoms with Crippen molar-refractivity contribution in [2.45, 2.75) is 39.8 Å². The van der Waals surface area contributed by atoms with E-state index in [1.807, 2.05) is 6.07 Å². The van der Waals surface area contributed by atoms with Crippen LogP contribution in [-0.2, 0) is 6.54 Å². The Bertz CT molecular complexity index is 364. The van der Waals surface area contributed by atoms with E-state index in [0.717, 1.165) is 25.3 Å². The summed E-state index contributed by atoms with van der Waals surface area (Å²) in [7, 11) is 1.71. The van der Waals surface area contributed by atoms with Gasteiger partial charge in [-0.25, -0.2) is 0 Å². The molecule has 0 amide bonds. The predicted molar refractivity (Wildman–Crippen MR) is 75.0 cm³/mol. The van der Waals surface area contributed by atoms with Gasteiger partial charge in [0.25, 0.3) is 0 Å². The number of methoxy groups -OCH3 is 1. The minimum Gasteiger partial charge on any atom is -0.496 e. The fourth-order valence-electron chi connectivity index (χ4n) is 2.04. The normalized spacial score (nSPS) is 11.3. The molecule has 3 nitrogen and oxygen atoms in total. The van der Waals surface area contributed by atoms with Crippen molar-refractivity contribution in [2.75, 3.05) is 20.3 Å². The van der Waals surface area contributed by atoms with Gasteiger partial charge >= 0.3 is 0 Å². The highest BCUT2D eigenvalue weighted by Gasteiger charge is 2.12. The summed E-state index contributed by atoms with van der Waals surface area (Å²) in [6.07, 6.45) is 0.812. The van der Waals surface area contributed by atoms with E-state index in [-0.39, 0.29) is 6.61 Å². The first-order chi connectivity index (χ1) is 8.58. The fraction of sp³-hybridized carbons (Fsp3) is 0.600. The molecule has 0 aliphatic carbocycles. The molecule has 102 valence electrons. The van der Waals surface area contributed by atoms with Crippen LogP contribution in [0.1, 0.15) is 31.4 Å². The number of hydrogen-bond donors (Lipinski definition) is 1. The Labute approximate surface area is 110 Å². The molecule has 0 unspecified atom stereocenters. The smallest absolute Gasteiger partial charge is 0.123 e. The second-order valence-corrected chi connectivity index (χ2v) is 4.96. The van der Waals surface area contributed by atoms with Gasteiger partial charge in [0.1, 0.15) is 5.75 Å². The molecule has 0 heterocycles. The largest absolute Gasteiger partial charge is 0.496 e. The molecule has 0 aliphatic rings. The Morgan fingerprint density at radius 1 is 1.33 bits per heavy atom. The van der Waals surface area contributed by atoms with Gasteiger partial charge in [0.15, 0.2) is 0 Å². The lowest BCUT2D eigenvalue weighted by atomic mass is 10.1. The third-order valence-corrected chi connectivity index (χ3v) is 3.14. The number of aryl methyl sites for hydroxylation is 1. The van der Waals surface area contributed by atoms with Crippen molar-refractivity contribution >= 4 is 0 Å². The maximum atomic E-state index is 8.96. The average molecular weight is 251 g/mol. The maximum absolute atomic E-state index is 8.96. The van der Waals surface area contributed by atoms with Crippen LogP contribution < -0.4 is 4.74 Å². The highest BCUT2D eigenvalue weighted by atomic mass is 16.5. The van der Waals surface area contributed by atoms with E-state index in [4.69, 9.17) is 9.84 Å². The molecule has 0 aromatic heterocycles. The van der Waals surface area contributed by atoms with Gasteiger partial charge in [0.05, 0.1) is 7.11 Å². The second-order valence-electron chi connectivity index (χ2n) is 4.96. The zero-order valence-corrected chi connectivity index (χ0v) is 11.9. The summed E-state index contributed by atoms with van der Waals surface area (Å²) in [6.45, 7) is 8.47. The van der Waals surface area contributed by atoms with Gasteiger partial charge in [-0.1, -0.05) is 17.7 Å². The summed E-state index contributed by atoms with van der Waals surface area (Å²) >= 11 is 0. The van der Waals surface area contributed by atoms with Crippen LogP contribution in [0.15, 0.2) is 18.2 Å². The van der Waals surface area contributed by atoms with Crippen LogP contribution in [0.4, 0.5) is 0 Å². The number of rotatable bonds is 7. The molecule has 0 saturated carbocycles. The highest BCUT2D eigenvalue weighted by molar-refractivity contribution is 5.36. The van der Waals surface area contributed by atoms with E-state index in [1.165, 1.54) is 11.1 Å². The van der Waals surface area contributed by atoms with Crippen molar-refractivity contribution in [3.8, 4) is 5.75 Å². The molecule has 0 aliphatic heterocycles. The van der Waals surface area contributed by atoms with Crippen LogP contribution in [0.2, 0.25) is 0 Å². The molecule has 0 atom stereocenters. The molecule has 18 heavy (non-hydrogen) atoms. The van der Waals surface area contributed by atoms with E-state index in [0.29, 0.717) is 6.04 Å². The Balaban J connectivity index is 2.81. The van der Waals surface area contributed by atoms with Gasteiger partial charge in [-0.15, -0.1) is 0 Å². The van der Waals surface area contributed by atoms with Crippen LogP contribution in [0.5, 0.6) is 5.75 Å². The number of benzene rings is 1. The van der Waals surface area contributed by atoms with Gasteiger partial charge in [-0.2, -0.15) is 0 Å². The van der Waals surface area contributed by atoms with E-state index >= 15 is 0 Å². The molecule has 1 N–H and O–H groups in total. The summed E-state index contributed by atoms with van der Waals surface area (Å²) < 4.78 is 5.41. The summed E-state index contributed by atoms with van der Waals surface area (Å²) in [5, 5.41) is 8.96. The quantitative estimate of drug-likeness (QED) is 0.808. The summed E-state index contributed by atoms with van der Waals surface area (Å²) in [5.74, 6) is 0.940. The van der Waals surface area contributed by atoms with Crippen molar-refractivity contribution in [2.24, 2.45) is 0 Å². The molecular formula is C15H25NO2. The van der Waals surface area contributed by atoms with E-state index in [9.17, 15) is 0 Å². The third-order valence-electron chi connectivity index (χ3n) is 3.14. The van der Waals surface area contributed by atoms with Gasteiger partial charge in [0, 0.05) is 31.3 Å². The summed E-state index contributed by atoms with van der Waals surface area (Å²) in [4.78, 5) is 2.35. The van der Waals surface area contributed by atoms with Crippen molar-refractivity contribution < 1.29 is 9.84 Å². The first-order valence-corrected chi connectivity index (χ1v) is 6.57. The van der Waals surface area contributed by atoms with Gasteiger partial charge < -0.3 is 9.84 Å². The fourth-order valence-corrected chi connectivity index (χ4v) is 2.04. The van der Waals surface area contributed by atoms with E-state index in [1.54, 1.807) is 7.11 Å². The molecule has 1 aromatic carbocycles. The number of aliphatic hydroxyl groups is 1. The second kappa shape index (κ2) is 7.39. The lowest BCUT2D eigenvalue weighted by molar-refractivity contribution is 0.183. The van der Waals surface area contributed by atoms with Crippen LogP contribution in [0.3, 0.4) is 0 Å². The van der Waals surface area contributed by atoms with Crippen molar-refractivity contribution in [3.63, 3.8) is 0 Å². The van der Waals surface area contributed by atoms with Gasteiger partial charge in [0.2, 0.25) is 0 Å². The number of hydrogen-bond acceptors (Lipinski definition) is 3. The topological polar surface area (TPSA) is 32.7 Å². The Kier molecular flexibility index (Phi) is 6.16. The molecule has 3 heteroatoms. The Hall–Kier alpha value is -1.06. The van der Waals surface area contributed by atoms with Crippen LogP contribution >= 0.6 is 0 Å². The number of aliphatic hydroxyl groups excluding tert-OH is 1. The third kappa shape index (κ3) is 4.31. The van der Waals surface area contributed by atoms with Crippen LogP contribution in [0.25, 0.3) is 0 Å². The SMILES string of the molecule is COc1ccc(C)cc1CN(CCCO)C(C)C. The van der Waals surface area contributed by atoms with Crippen molar-refractivity contribution in [1.29, 1.82) is 0 Å². The van der Waals surface area contributed by atoms with Gasteiger partial charge in [-0.05, 0) is 33.3 Å². The Morgan fingerprint density at radius 2 is 2.06 bits per heavy atom. The average Bonchev–Trinajstić information content (AvgIpc) is 2.34. The highest BCUT2D eigenvalue weighted by Crippen LogP contribution is 2.22. The van der Waals surface area contributed by atoms with Crippen molar-refractivity contribution in [1.82, 2.24) is 4.90 Å². The zero-order chi connectivity index (χ0) is 13.5. The monoisotopic (exact) mass is 251 g/mol. The predicted octanol–water partition coefficient (Wildman–Crippen LogP) is 2.60. The van der Waals surface area contributed by atoms with Gasteiger partial charge in [-0.3, -0.25) is 4.90 Å². The Morgan fingerprint density at radius 3 is 2.61 bits per heavy atom. The standard InChI is InChI=1S/C15H25NO2/c1-12(2)16(8-5-9-17)11-14-10-13(3)6-7-15(14)18-4/h6-7,10,12,17H,5,8-9,11H2,1-4H3. The molecular weight excluding hydrogens is 226 g/mol. The molecule has 1 aromatic rings. The van der Waals surface area contributed by atoms with E-state index in [2.05, 4.69) is 37.8 Å². The summed E-state index contributed by atoms with van der Waals surface area (Å²) in [6, 6.07) is 6.72. The van der Waals surface area contributed by atoms with Crippen LogP contribution in [0, 0.1) is 6.92 Å². The maximum Gasteiger partial charge on any atom is 0.123 e. The molecule has 0 radical (unpaired) electrons. The molecule has 0 fully saturated rings. The molecule has 0 spiro atoms. The first kappa shape index (κ1) is 15.0. The van der Waals surface area contributed by atoms with Crippen molar-refractivity contribution in [3.05, 3.63) is 29.3 Å².